The molecule has 0 radical (unpaired) electrons. The number of aromatic nitrogens is 2. The Morgan fingerprint density at radius 3 is 2.58 bits per heavy atom. The number of hydrogen-bond acceptors (Lipinski definition) is 5. The highest BCUT2D eigenvalue weighted by atomic mass is 35.5. The molecule has 3 rings (SSSR count). The smallest absolute Gasteiger partial charge is 0.240 e. The average Bonchev–Trinajstić information content (AvgIpc) is 2.63. The summed E-state index contributed by atoms with van der Waals surface area (Å²) in [5.74, 6) is 0.433. The van der Waals surface area contributed by atoms with Crippen LogP contribution in [0.25, 0.3) is 0 Å². The lowest BCUT2D eigenvalue weighted by atomic mass is 9.97. The zero-order valence-corrected chi connectivity index (χ0v) is 15.9. The van der Waals surface area contributed by atoms with Gasteiger partial charge in [0, 0.05) is 19.6 Å². The van der Waals surface area contributed by atoms with Gasteiger partial charge in [-0.05, 0) is 56.0 Å². The van der Waals surface area contributed by atoms with Crippen LogP contribution in [-0.4, -0.2) is 38.2 Å². The van der Waals surface area contributed by atoms with E-state index >= 15 is 0 Å². The first-order valence-corrected chi connectivity index (χ1v) is 10.2. The molecule has 0 spiro atoms. The van der Waals surface area contributed by atoms with Crippen molar-refractivity contribution in [2.75, 3.05) is 24.5 Å². The van der Waals surface area contributed by atoms with Gasteiger partial charge in [-0.1, -0.05) is 11.6 Å². The van der Waals surface area contributed by atoms with Crippen LogP contribution in [0.5, 0.6) is 0 Å². The number of benzene rings is 1. The van der Waals surface area contributed by atoms with Crippen molar-refractivity contribution in [2.24, 2.45) is 5.92 Å². The Morgan fingerprint density at radius 1 is 1.23 bits per heavy atom. The molecule has 1 saturated heterocycles. The molecule has 1 aliphatic heterocycles. The molecule has 140 valence electrons. The molecule has 1 N–H and O–H groups in total. The third-order valence-corrected chi connectivity index (χ3v) is 6.20. The Kier molecular flexibility index (Phi) is 5.74. The average molecular weight is 399 g/mol. The second kappa shape index (κ2) is 7.85. The summed E-state index contributed by atoms with van der Waals surface area (Å²) in [6.45, 7) is 3.83. The first-order valence-electron chi connectivity index (χ1n) is 8.35. The Hall–Kier alpha value is -1.77. The van der Waals surface area contributed by atoms with E-state index in [1.54, 1.807) is 0 Å². The lowest BCUT2D eigenvalue weighted by molar-refractivity contribution is 0.400. The number of rotatable bonds is 5. The zero-order valence-electron chi connectivity index (χ0n) is 14.3. The number of anilines is 1. The van der Waals surface area contributed by atoms with Crippen LogP contribution in [0.1, 0.15) is 18.5 Å². The highest BCUT2D eigenvalue weighted by Crippen LogP contribution is 2.23. The van der Waals surface area contributed by atoms with Gasteiger partial charge in [-0.3, -0.25) is 0 Å². The van der Waals surface area contributed by atoms with Crippen molar-refractivity contribution in [3.8, 4) is 0 Å². The molecule has 2 aromatic rings. The molecule has 0 saturated carbocycles. The van der Waals surface area contributed by atoms with Gasteiger partial charge in [0.25, 0.3) is 0 Å². The lowest BCUT2D eigenvalue weighted by Crippen LogP contribution is -2.39. The minimum Gasteiger partial charge on any atom is -0.355 e. The number of piperidine rings is 1. The molecule has 0 amide bonds. The van der Waals surface area contributed by atoms with E-state index in [2.05, 4.69) is 19.8 Å². The molecule has 1 aromatic carbocycles. The summed E-state index contributed by atoms with van der Waals surface area (Å²) < 4.78 is 40.5. The van der Waals surface area contributed by atoms with Gasteiger partial charge in [-0.25, -0.2) is 17.5 Å². The fourth-order valence-corrected chi connectivity index (χ4v) is 4.27. The molecular weight excluding hydrogens is 379 g/mol. The van der Waals surface area contributed by atoms with E-state index < -0.39 is 15.8 Å². The monoisotopic (exact) mass is 398 g/mol. The number of nitrogens with zero attached hydrogens (tertiary/aromatic N) is 3. The quantitative estimate of drug-likeness (QED) is 0.838. The van der Waals surface area contributed by atoms with Crippen LogP contribution in [0.4, 0.5) is 10.2 Å². The van der Waals surface area contributed by atoms with E-state index in [9.17, 15) is 12.8 Å². The second-order valence-electron chi connectivity index (χ2n) is 6.39. The molecule has 1 aromatic heterocycles. The molecule has 0 unspecified atom stereocenters. The molecule has 0 bridgehead atoms. The maximum atomic E-state index is 13.2. The van der Waals surface area contributed by atoms with Crippen LogP contribution < -0.4 is 9.62 Å². The maximum Gasteiger partial charge on any atom is 0.240 e. The Bertz CT molecular complexity index is 869. The van der Waals surface area contributed by atoms with Crippen LogP contribution in [0, 0.1) is 18.7 Å². The van der Waals surface area contributed by atoms with Crippen molar-refractivity contribution in [1.29, 1.82) is 0 Å². The second-order valence-corrected chi connectivity index (χ2v) is 8.57. The van der Waals surface area contributed by atoms with Gasteiger partial charge in [0.1, 0.15) is 5.82 Å². The molecule has 9 heteroatoms. The SMILES string of the molecule is Cc1ccc(N2CCC(CNS(=O)(=O)c3ccc(F)c(Cl)c3)CC2)nn1. The number of nitrogens with one attached hydrogen (secondary N) is 1. The van der Waals surface area contributed by atoms with Crippen molar-refractivity contribution >= 4 is 27.4 Å². The third-order valence-electron chi connectivity index (χ3n) is 4.49. The predicted octanol–water partition coefficient (Wildman–Crippen LogP) is 2.77. The molecule has 1 fully saturated rings. The van der Waals surface area contributed by atoms with Gasteiger partial charge in [0.15, 0.2) is 5.82 Å². The lowest BCUT2D eigenvalue weighted by Gasteiger charge is -2.32. The highest BCUT2D eigenvalue weighted by Gasteiger charge is 2.23. The molecular formula is C17H20ClFN4O2S. The van der Waals surface area contributed by atoms with E-state index in [0.29, 0.717) is 6.54 Å². The summed E-state index contributed by atoms with van der Waals surface area (Å²) in [5, 5.41) is 8.05. The number of aryl methyl sites for hydroxylation is 1. The van der Waals surface area contributed by atoms with E-state index in [0.717, 1.165) is 49.6 Å². The number of sulfonamides is 1. The normalized spacial score (nSPS) is 16.0. The highest BCUT2D eigenvalue weighted by molar-refractivity contribution is 7.89. The summed E-state index contributed by atoms with van der Waals surface area (Å²) >= 11 is 5.67. The van der Waals surface area contributed by atoms with Gasteiger partial charge >= 0.3 is 0 Å². The van der Waals surface area contributed by atoms with Crippen molar-refractivity contribution in [1.82, 2.24) is 14.9 Å². The van der Waals surface area contributed by atoms with Crippen molar-refractivity contribution in [2.45, 2.75) is 24.7 Å². The Balaban J connectivity index is 1.54. The van der Waals surface area contributed by atoms with Crippen LogP contribution in [0.3, 0.4) is 0 Å². The third kappa shape index (κ3) is 4.49. The Labute approximate surface area is 157 Å². The molecule has 0 aliphatic carbocycles. The minimum atomic E-state index is -3.71. The van der Waals surface area contributed by atoms with Gasteiger partial charge < -0.3 is 4.90 Å². The van der Waals surface area contributed by atoms with Crippen LogP contribution in [0.15, 0.2) is 35.2 Å². The first-order chi connectivity index (χ1) is 12.3. The van der Waals surface area contributed by atoms with Crippen LogP contribution >= 0.6 is 11.6 Å². The fraction of sp³-hybridized carbons (Fsp3) is 0.412. The largest absolute Gasteiger partial charge is 0.355 e. The zero-order chi connectivity index (χ0) is 18.7. The van der Waals surface area contributed by atoms with E-state index in [-0.39, 0.29) is 15.8 Å². The van der Waals surface area contributed by atoms with Gasteiger partial charge in [-0.2, -0.15) is 5.10 Å². The summed E-state index contributed by atoms with van der Waals surface area (Å²) in [7, 11) is -3.71. The van der Waals surface area contributed by atoms with Crippen LogP contribution in [-0.2, 0) is 10.0 Å². The summed E-state index contributed by atoms with van der Waals surface area (Å²) in [5.41, 5.74) is 0.874. The summed E-state index contributed by atoms with van der Waals surface area (Å²) in [6.07, 6.45) is 1.70. The standard InChI is InChI=1S/C17H20ClFN4O2S/c1-12-2-5-17(22-21-12)23-8-6-13(7-9-23)11-20-26(24,25)14-3-4-16(19)15(18)10-14/h2-5,10,13,20H,6-9,11H2,1H3. The van der Waals surface area contributed by atoms with E-state index in [4.69, 9.17) is 11.6 Å². The molecule has 1 aliphatic rings. The first kappa shape index (κ1) is 19.0. The topological polar surface area (TPSA) is 75.2 Å². The van der Waals surface area contributed by atoms with E-state index in [1.165, 1.54) is 6.07 Å². The molecule has 6 nitrogen and oxygen atoms in total. The molecule has 26 heavy (non-hydrogen) atoms. The maximum absolute atomic E-state index is 13.2. The molecule has 2 heterocycles. The molecule has 0 atom stereocenters. The number of hydrogen-bond donors (Lipinski definition) is 1. The van der Waals surface area contributed by atoms with Gasteiger partial charge in [0.05, 0.1) is 15.6 Å². The Morgan fingerprint density at radius 2 is 1.96 bits per heavy atom. The summed E-state index contributed by atoms with van der Waals surface area (Å²) in [4.78, 5) is 2.12. The minimum absolute atomic E-state index is 0.0312. The van der Waals surface area contributed by atoms with Crippen molar-refractivity contribution in [3.05, 3.63) is 46.9 Å². The number of halogens is 2. The predicted molar refractivity (Wildman–Crippen MR) is 98.3 cm³/mol. The van der Waals surface area contributed by atoms with Gasteiger partial charge in [-0.15, -0.1) is 5.10 Å². The fourth-order valence-electron chi connectivity index (χ4n) is 2.88. The van der Waals surface area contributed by atoms with E-state index in [1.807, 2.05) is 19.1 Å². The van der Waals surface area contributed by atoms with Gasteiger partial charge in [0.2, 0.25) is 10.0 Å². The summed E-state index contributed by atoms with van der Waals surface area (Å²) in [6, 6.07) is 7.26. The van der Waals surface area contributed by atoms with Crippen molar-refractivity contribution < 1.29 is 12.8 Å². The van der Waals surface area contributed by atoms with Crippen molar-refractivity contribution in [3.63, 3.8) is 0 Å². The van der Waals surface area contributed by atoms with Crippen LogP contribution in [0.2, 0.25) is 5.02 Å².